The van der Waals surface area contributed by atoms with Crippen LogP contribution in [0, 0.1) is 6.92 Å². The maximum Gasteiger partial charge on any atom is 0.186 e. The van der Waals surface area contributed by atoms with Gasteiger partial charge in [-0.2, -0.15) is 0 Å². The zero-order valence-corrected chi connectivity index (χ0v) is 19.0. The molecule has 1 saturated heterocycles. The molecule has 1 aliphatic heterocycles. The van der Waals surface area contributed by atoms with Crippen molar-refractivity contribution >= 4 is 17.7 Å². The number of hydrogen-bond acceptors (Lipinski definition) is 7. The van der Waals surface area contributed by atoms with Gasteiger partial charge >= 0.3 is 0 Å². The smallest absolute Gasteiger partial charge is 0.186 e. The van der Waals surface area contributed by atoms with E-state index >= 15 is 0 Å². The van der Waals surface area contributed by atoms with Crippen LogP contribution < -0.4 is 16.2 Å². The minimum absolute atomic E-state index is 0.0438. The number of thioether (sulfide) groups is 1. The molecule has 0 aromatic heterocycles. The second kappa shape index (κ2) is 11.0. The summed E-state index contributed by atoms with van der Waals surface area (Å²) in [6.45, 7) is 2.82. The lowest BCUT2D eigenvalue weighted by Crippen LogP contribution is -2.52. The van der Waals surface area contributed by atoms with Crippen LogP contribution in [0.4, 0.5) is 0 Å². The lowest BCUT2D eigenvalue weighted by atomic mass is 9.91. The van der Waals surface area contributed by atoms with Gasteiger partial charge in [0.1, 0.15) is 42.2 Å². The molecule has 0 amide bonds. The van der Waals surface area contributed by atoms with Gasteiger partial charge in [-0.3, -0.25) is 4.99 Å². The Morgan fingerprint density at radius 3 is 2.44 bits per heavy atom. The Morgan fingerprint density at radius 2 is 1.78 bits per heavy atom. The molecule has 0 radical (unpaired) electrons. The molecule has 7 N–H and O–H groups in total. The molecule has 0 aliphatic carbocycles. The molecule has 32 heavy (non-hydrogen) atoms. The Hall–Kier alpha value is -2.30. The van der Waals surface area contributed by atoms with Crippen LogP contribution in [0.3, 0.4) is 0 Å². The van der Waals surface area contributed by atoms with Crippen molar-refractivity contribution in [2.75, 3.05) is 19.4 Å². The zero-order valence-electron chi connectivity index (χ0n) is 18.2. The summed E-state index contributed by atoms with van der Waals surface area (Å²) in [7, 11) is 0. The van der Waals surface area contributed by atoms with Crippen LogP contribution >= 0.6 is 11.8 Å². The van der Waals surface area contributed by atoms with Crippen LogP contribution in [-0.4, -0.2) is 64.4 Å². The van der Waals surface area contributed by atoms with Gasteiger partial charge in [0.15, 0.2) is 5.96 Å². The van der Waals surface area contributed by atoms with Gasteiger partial charge in [0, 0.05) is 0 Å². The highest BCUT2D eigenvalue weighted by Crippen LogP contribution is 2.36. The van der Waals surface area contributed by atoms with Gasteiger partial charge in [0.2, 0.25) is 0 Å². The average molecular weight is 462 g/mol. The third-order valence-electron chi connectivity index (χ3n) is 5.48. The number of aryl methyl sites for hydroxylation is 1. The lowest BCUT2D eigenvalue weighted by Gasteiger charge is -2.40. The number of guanidine groups is 1. The fourth-order valence-corrected chi connectivity index (χ4v) is 4.31. The van der Waals surface area contributed by atoms with E-state index in [9.17, 15) is 15.3 Å². The first-order chi connectivity index (χ1) is 15.3. The molecule has 0 spiro atoms. The number of nitrogens with two attached hydrogens (primary N) is 2. The van der Waals surface area contributed by atoms with Crippen molar-refractivity contribution in [3.05, 3.63) is 64.7 Å². The highest BCUT2D eigenvalue weighted by atomic mass is 32.2. The van der Waals surface area contributed by atoms with E-state index in [2.05, 4.69) is 4.99 Å². The van der Waals surface area contributed by atoms with E-state index in [1.54, 1.807) is 6.26 Å². The molecule has 2 aromatic carbocycles. The maximum atomic E-state index is 10.5. The van der Waals surface area contributed by atoms with Gasteiger partial charge in [0.25, 0.3) is 0 Å². The molecular weight excluding hydrogens is 430 g/mol. The fraction of sp³-hybridized carbons (Fsp3) is 0.435. The van der Waals surface area contributed by atoms with Gasteiger partial charge in [0.05, 0.1) is 6.54 Å². The Labute approximate surface area is 192 Å². The molecule has 1 unspecified atom stereocenters. The summed E-state index contributed by atoms with van der Waals surface area (Å²) in [6, 6.07) is 13.7. The third-order valence-corrected chi connectivity index (χ3v) is 6.33. The van der Waals surface area contributed by atoms with Gasteiger partial charge in [-0.05, 0) is 54.0 Å². The Kier molecular flexibility index (Phi) is 8.38. The summed E-state index contributed by atoms with van der Waals surface area (Å²) in [5, 5.41) is 30.8. The summed E-state index contributed by atoms with van der Waals surface area (Å²) in [6.07, 6.45) is -1.85. The average Bonchev–Trinajstić information content (AvgIpc) is 2.78. The summed E-state index contributed by atoms with van der Waals surface area (Å²) in [5.74, 6) is 0.779. The fourth-order valence-electron chi connectivity index (χ4n) is 3.64. The van der Waals surface area contributed by atoms with Crippen LogP contribution in [0.2, 0.25) is 0 Å². The van der Waals surface area contributed by atoms with E-state index in [-0.39, 0.29) is 5.96 Å². The van der Waals surface area contributed by atoms with E-state index in [0.29, 0.717) is 19.6 Å². The molecular formula is C23H31N3O5S. The number of benzene rings is 2. The maximum absolute atomic E-state index is 10.5. The number of ether oxygens (including phenoxy) is 2. The van der Waals surface area contributed by atoms with Crippen molar-refractivity contribution in [2.24, 2.45) is 16.5 Å². The predicted octanol–water partition coefficient (Wildman–Crippen LogP) is 1.08. The van der Waals surface area contributed by atoms with E-state index in [1.807, 2.05) is 49.4 Å². The predicted molar refractivity (Wildman–Crippen MR) is 126 cm³/mol. The molecule has 1 heterocycles. The molecule has 1 aliphatic rings. The standard InChI is InChI=1S/C23H31N3O5S/c1-13-3-6-15(21-19(28)18(27)20(29)22(31-21)32-2)12-16(13)11-14-4-7-17(8-5-14)30-10-9-26-23(24)25/h3-8,12,18-22,27-29H,9-11H2,1-2H3,(H4,24,25,26)/t18-,19-,20+,21?,22-/m1/s1. The monoisotopic (exact) mass is 461 g/mol. The second-order valence-electron chi connectivity index (χ2n) is 7.79. The van der Waals surface area contributed by atoms with Crippen molar-refractivity contribution in [2.45, 2.75) is 43.2 Å². The van der Waals surface area contributed by atoms with E-state index < -0.39 is 29.9 Å². The minimum Gasteiger partial charge on any atom is -0.492 e. The summed E-state index contributed by atoms with van der Waals surface area (Å²) in [4.78, 5) is 3.88. The number of aliphatic hydroxyl groups excluding tert-OH is 3. The van der Waals surface area contributed by atoms with Crippen molar-refractivity contribution in [1.82, 2.24) is 0 Å². The van der Waals surface area contributed by atoms with Crippen LogP contribution in [0.15, 0.2) is 47.5 Å². The molecule has 1 fully saturated rings. The molecule has 0 saturated carbocycles. The number of rotatable bonds is 8. The highest BCUT2D eigenvalue weighted by molar-refractivity contribution is 7.99. The molecule has 3 rings (SSSR count). The zero-order chi connectivity index (χ0) is 23.3. The van der Waals surface area contributed by atoms with Crippen LogP contribution in [0.5, 0.6) is 5.75 Å². The third kappa shape index (κ3) is 5.93. The molecule has 0 bridgehead atoms. The summed E-state index contributed by atoms with van der Waals surface area (Å²) < 4.78 is 11.5. The first kappa shape index (κ1) is 24.3. The SMILES string of the molecule is CS[C@H]1OC(c2ccc(C)c(Cc3ccc(OCCN=C(N)N)cc3)c2)[C@H](O)[C@@H](O)[C@@H]1O. The largest absolute Gasteiger partial charge is 0.492 e. The van der Waals surface area contributed by atoms with Crippen molar-refractivity contribution in [3.8, 4) is 5.75 Å². The molecule has 2 aromatic rings. The number of aliphatic imine (C=N–C) groups is 1. The van der Waals surface area contributed by atoms with Gasteiger partial charge in [-0.25, -0.2) is 0 Å². The van der Waals surface area contributed by atoms with Crippen molar-refractivity contribution in [3.63, 3.8) is 0 Å². The first-order valence-electron chi connectivity index (χ1n) is 10.4. The number of aliphatic hydroxyl groups is 3. The first-order valence-corrected chi connectivity index (χ1v) is 11.7. The Balaban J connectivity index is 1.70. The van der Waals surface area contributed by atoms with Crippen LogP contribution in [-0.2, 0) is 11.2 Å². The minimum atomic E-state index is -1.27. The highest BCUT2D eigenvalue weighted by Gasteiger charge is 2.44. The lowest BCUT2D eigenvalue weighted by molar-refractivity contribution is -0.200. The van der Waals surface area contributed by atoms with Gasteiger partial charge in [-0.15, -0.1) is 11.8 Å². The van der Waals surface area contributed by atoms with E-state index in [4.69, 9.17) is 20.9 Å². The van der Waals surface area contributed by atoms with Gasteiger partial charge < -0.3 is 36.3 Å². The van der Waals surface area contributed by atoms with Crippen LogP contribution in [0.1, 0.15) is 28.4 Å². The van der Waals surface area contributed by atoms with Crippen molar-refractivity contribution in [1.29, 1.82) is 0 Å². The second-order valence-corrected chi connectivity index (χ2v) is 8.73. The quantitative estimate of drug-likeness (QED) is 0.223. The number of hydrogen-bond donors (Lipinski definition) is 5. The Bertz CT molecular complexity index is 918. The molecule has 5 atom stereocenters. The van der Waals surface area contributed by atoms with E-state index in [0.717, 1.165) is 28.0 Å². The van der Waals surface area contributed by atoms with Gasteiger partial charge in [-0.1, -0.05) is 30.3 Å². The normalized spacial score (nSPS) is 25.3. The molecule has 8 nitrogen and oxygen atoms in total. The topological polar surface area (TPSA) is 144 Å². The van der Waals surface area contributed by atoms with E-state index in [1.165, 1.54) is 11.8 Å². The Morgan fingerprint density at radius 1 is 1.06 bits per heavy atom. The van der Waals surface area contributed by atoms with Crippen LogP contribution in [0.25, 0.3) is 0 Å². The summed E-state index contributed by atoms with van der Waals surface area (Å²) in [5.41, 5.74) is 14.0. The number of nitrogens with zero attached hydrogens (tertiary/aromatic N) is 1. The molecule has 174 valence electrons. The molecule has 9 heteroatoms. The summed E-state index contributed by atoms with van der Waals surface area (Å²) >= 11 is 1.30. The van der Waals surface area contributed by atoms with Crippen molar-refractivity contribution < 1.29 is 24.8 Å².